The van der Waals surface area contributed by atoms with Crippen molar-refractivity contribution in [2.75, 3.05) is 0 Å². The highest BCUT2D eigenvalue weighted by molar-refractivity contribution is 6.23. The summed E-state index contributed by atoms with van der Waals surface area (Å²) in [5, 5.41) is 22.2. The Morgan fingerprint density at radius 3 is 1.54 bits per heavy atom. The zero-order chi connectivity index (χ0) is 38.9. The molecule has 0 unspecified atom stereocenters. The Bertz CT molecular complexity index is 2930. The van der Waals surface area contributed by atoms with Crippen molar-refractivity contribution in [2.45, 2.75) is 38.5 Å². The fraction of sp³-hybridized carbons (Fsp3) is 0.111. The van der Waals surface area contributed by atoms with Crippen LogP contribution < -0.4 is 0 Å². The summed E-state index contributed by atoms with van der Waals surface area (Å²) in [6.07, 6.45) is 8.52. The molecule has 7 aromatic rings. The second kappa shape index (κ2) is 13.0. The minimum Gasteiger partial charge on any atom is -0.300 e. The Hall–Kier alpha value is -6.64. The third kappa shape index (κ3) is 5.32. The van der Waals surface area contributed by atoms with E-state index in [1.807, 2.05) is 0 Å². The molecular weight excluding hydrogens is 677 g/mol. The first-order chi connectivity index (χ1) is 27.0. The van der Waals surface area contributed by atoms with Gasteiger partial charge in [0, 0.05) is 16.4 Å². The molecule has 0 radical (unpaired) electrons. The molecule has 2 N–H and O–H groups in total. The zero-order valence-electron chi connectivity index (χ0n) is 32.4. The second-order valence-electron chi connectivity index (χ2n) is 16.2. The summed E-state index contributed by atoms with van der Waals surface area (Å²) >= 11 is 0. The lowest BCUT2D eigenvalue weighted by atomic mass is 9.79. The van der Waals surface area contributed by atoms with Crippen molar-refractivity contribution in [1.29, 1.82) is 10.8 Å². The van der Waals surface area contributed by atoms with Crippen LogP contribution in [-0.2, 0) is 10.8 Å². The Morgan fingerprint density at radius 1 is 0.500 bits per heavy atom. The molecule has 7 aromatic carbocycles. The molecule has 0 aliphatic heterocycles. The van der Waals surface area contributed by atoms with E-state index in [0.29, 0.717) is 11.3 Å². The first kappa shape index (κ1) is 35.1. The van der Waals surface area contributed by atoms with Crippen LogP contribution in [0.1, 0.15) is 55.5 Å². The highest BCUT2D eigenvalue weighted by Crippen LogP contribution is 2.53. The summed E-state index contributed by atoms with van der Waals surface area (Å²) in [6.45, 7) is 17.1. The number of hydrogen-bond donors (Lipinski definition) is 2. The first-order valence-corrected chi connectivity index (χ1v) is 19.3. The molecule has 0 saturated heterocycles. The van der Waals surface area contributed by atoms with Crippen LogP contribution in [0.5, 0.6) is 0 Å². The molecule has 0 saturated carbocycles. The van der Waals surface area contributed by atoms with Gasteiger partial charge < -0.3 is 10.8 Å². The quantitative estimate of drug-likeness (QED) is 0.0892. The van der Waals surface area contributed by atoms with Gasteiger partial charge in [0.05, 0.1) is 11.4 Å². The minimum atomic E-state index is -0.142. The van der Waals surface area contributed by atoms with Crippen LogP contribution in [0.25, 0.3) is 66.1 Å². The molecule has 0 bridgehead atoms. The van der Waals surface area contributed by atoms with E-state index in [4.69, 9.17) is 5.41 Å². The third-order valence-electron chi connectivity index (χ3n) is 12.3. The summed E-state index contributed by atoms with van der Waals surface area (Å²) in [4.78, 5) is 0. The van der Waals surface area contributed by atoms with E-state index in [1.54, 1.807) is 30.4 Å². The van der Waals surface area contributed by atoms with Crippen LogP contribution >= 0.6 is 0 Å². The molecule has 2 aliphatic carbocycles. The Balaban J connectivity index is 1.28. The molecule has 0 amide bonds. The Labute approximate surface area is 329 Å². The minimum absolute atomic E-state index is 0.126. The van der Waals surface area contributed by atoms with Crippen molar-refractivity contribution >= 4 is 33.0 Å². The lowest BCUT2D eigenvalue weighted by molar-refractivity contribution is 0.660. The average Bonchev–Trinajstić information content (AvgIpc) is 3.59. The van der Waals surface area contributed by atoms with Gasteiger partial charge in [-0.25, -0.2) is 0 Å². The van der Waals surface area contributed by atoms with Crippen LogP contribution in [0.4, 0.5) is 0 Å². The molecule has 56 heavy (non-hydrogen) atoms. The van der Waals surface area contributed by atoms with E-state index in [1.165, 1.54) is 72.0 Å². The number of allylic oxidation sites excluding steroid dienone is 6. The SMILES string of the molecule is C=C/C=C\C(=N)C(=C)/C=C\C(=N)c1ccc2c(-c3ccc4c(c3)C(C)(C)c3ccccc3-4)c3ccccc3c(-c3ccc4c(c3)C(C)(C)c3ccccc3-4)c2c1. The molecule has 0 spiro atoms. The smallest absolute Gasteiger partial charge is 0.0612 e. The molecule has 0 atom stereocenters. The molecule has 2 heteroatoms. The molecule has 2 aliphatic rings. The van der Waals surface area contributed by atoms with E-state index in [9.17, 15) is 5.41 Å². The fourth-order valence-corrected chi connectivity index (χ4v) is 9.33. The van der Waals surface area contributed by atoms with Crippen molar-refractivity contribution in [3.63, 3.8) is 0 Å². The molecule has 0 heterocycles. The van der Waals surface area contributed by atoms with Gasteiger partial charge >= 0.3 is 0 Å². The third-order valence-corrected chi connectivity index (χ3v) is 12.3. The molecule has 9 rings (SSSR count). The van der Waals surface area contributed by atoms with Crippen molar-refractivity contribution in [1.82, 2.24) is 0 Å². The highest BCUT2D eigenvalue weighted by atomic mass is 14.4. The number of hydrogen-bond acceptors (Lipinski definition) is 2. The topological polar surface area (TPSA) is 47.7 Å². The average molecular weight is 721 g/mol. The number of rotatable bonds is 8. The van der Waals surface area contributed by atoms with E-state index >= 15 is 0 Å². The fourth-order valence-electron chi connectivity index (χ4n) is 9.33. The summed E-state index contributed by atoms with van der Waals surface area (Å²) in [7, 11) is 0. The van der Waals surface area contributed by atoms with E-state index in [2.05, 4.69) is 168 Å². The Kier molecular flexibility index (Phi) is 8.14. The van der Waals surface area contributed by atoms with E-state index < -0.39 is 0 Å². The van der Waals surface area contributed by atoms with E-state index in [0.717, 1.165) is 21.9 Å². The molecule has 270 valence electrons. The maximum Gasteiger partial charge on any atom is 0.0612 e. The van der Waals surface area contributed by atoms with Crippen molar-refractivity contribution in [3.8, 4) is 44.5 Å². The monoisotopic (exact) mass is 720 g/mol. The van der Waals surface area contributed by atoms with Crippen LogP contribution in [0.2, 0.25) is 0 Å². The van der Waals surface area contributed by atoms with Crippen LogP contribution in [0.15, 0.2) is 177 Å². The predicted molar refractivity (Wildman–Crippen MR) is 240 cm³/mol. The van der Waals surface area contributed by atoms with Crippen molar-refractivity contribution < 1.29 is 0 Å². The number of fused-ring (bicyclic) bond motifs is 8. The zero-order valence-corrected chi connectivity index (χ0v) is 32.4. The van der Waals surface area contributed by atoms with Crippen LogP contribution in [-0.4, -0.2) is 11.4 Å². The number of nitrogens with one attached hydrogen (secondary N) is 2. The van der Waals surface area contributed by atoms with Crippen LogP contribution in [0.3, 0.4) is 0 Å². The predicted octanol–water partition coefficient (Wildman–Crippen LogP) is 14.2. The summed E-state index contributed by atoms with van der Waals surface area (Å²) in [5.41, 5.74) is 17.1. The standard InChI is InChI=1S/C54H44N2/c1-7-8-21-49(55)33(2)22-29-50(56)34-23-28-43-44(30-34)52(36-25-27-40-38-16-12-14-20-46(38)54(5,6)48(40)32-36)42-18-10-9-17-41(42)51(43)35-24-26-39-37-15-11-13-19-45(37)53(3,4)47(39)31-35/h7-32,55-56H,1-2H2,3-6H3/b21-8-,29-22-,55-49?,56-50?. The van der Waals surface area contributed by atoms with Gasteiger partial charge in [-0.1, -0.05) is 168 Å². The summed E-state index contributed by atoms with van der Waals surface area (Å²) in [6, 6.07) is 47.0. The number of benzene rings is 7. The first-order valence-electron chi connectivity index (χ1n) is 19.3. The maximum absolute atomic E-state index is 9.22. The van der Waals surface area contributed by atoms with Crippen LogP contribution in [0, 0.1) is 10.8 Å². The Morgan fingerprint density at radius 2 is 0.982 bits per heavy atom. The largest absolute Gasteiger partial charge is 0.300 e. The summed E-state index contributed by atoms with van der Waals surface area (Å²) in [5.74, 6) is 0. The normalized spacial score (nSPS) is 14.5. The van der Waals surface area contributed by atoms with Gasteiger partial charge in [0.2, 0.25) is 0 Å². The van der Waals surface area contributed by atoms with Gasteiger partial charge in [-0.05, 0) is 124 Å². The van der Waals surface area contributed by atoms with Crippen molar-refractivity contribution in [2.24, 2.45) is 0 Å². The second-order valence-corrected chi connectivity index (χ2v) is 16.2. The lowest BCUT2D eigenvalue weighted by Crippen LogP contribution is -2.15. The van der Waals surface area contributed by atoms with Gasteiger partial charge in [0.25, 0.3) is 0 Å². The lowest BCUT2D eigenvalue weighted by Gasteiger charge is -2.24. The molecule has 2 nitrogen and oxygen atoms in total. The highest BCUT2D eigenvalue weighted by Gasteiger charge is 2.37. The maximum atomic E-state index is 9.22. The van der Waals surface area contributed by atoms with Gasteiger partial charge in [0.1, 0.15) is 0 Å². The molecule has 0 fully saturated rings. The van der Waals surface area contributed by atoms with Gasteiger partial charge in [0.15, 0.2) is 0 Å². The summed E-state index contributed by atoms with van der Waals surface area (Å²) < 4.78 is 0. The van der Waals surface area contributed by atoms with Gasteiger partial charge in [-0.2, -0.15) is 0 Å². The van der Waals surface area contributed by atoms with Gasteiger partial charge in [-0.15, -0.1) is 0 Å². The van der Waals surface area contributed by atoms with E-state index in [-0.39, 0.29) is 16.5 Å². The van der Waals surface area contributed by atoms with Crippen molar-refractivity contribution in [3.05, 3.63) is 204 Å². The molecular formula is C54H44N2. The molecule has 0 aromatic heterocycles. The van der Waals surface area contributed by atoms with Gasteiger partial charge in [-0.3, -0.25) is 0 Å².